The molecule has 0 aliphatic carbocycles. The van der Waals surface area contributed by atoms with E-state index in [1.165, 1.54) is 0 Å². The van der Waals surface area contributed by atoms with Gasteiger partial charge < -0.3 is 5.32 Å². The van der Waals surface area contributed by atoms with Gasteiger partial charge in [-0.15, -0.1) is 0 Å². The molecule has 0 aliphatic rings. The van der Waals surface area contributed by atoms with E-state index in [0.29, 0.717) is 6.04 Å². The second-order valence-electron chi connectivity index (χ2n) is 4.80. The van der Waals surface area contributed by atoms with E-state index >= 15 is 0 Å². The molecule has 14 heavy (non-hydrogen) atoms. The average molecular weight is 196 g/mol. The van der Waals surface area contributed by atoms with Crippen LogP contribution in [0.3, 0.4) is 0 Å². The lowest BCUT2D eigenvalue weighted by molar-refractivity contribution is 0.283. The third-order valence-corrected chi connectivity index (χ3v) is 2.51. The van der Waals surface area contributed by atoms with E-state index in [2.05, 4.69) is 43.1 Å². The van der Waals surface area contributed by atoms with E-state index in [4.69, 9.17) is 0 Å². The molecule has 1 aromatic heterocycles. The highest BCUT2D eigenvalue weighted by Crippen LogP contribution is 2.18. The van der Waals surface area contributed by atoms with Gasteiger partial charge >= 0.3 is 0 Å². The van der Waals surface area contributed by atoms with Crippen LogP contribution in [-0.4, -0.2) is 20.8 Å². The van der Waals surface area contributed by atoms with E-state index in [1.807, 2.05) is 7.05 Å². The number of nitrogens with zero attached hydrogens (tertiary/aromatic N) is 3. The highest BCUT2D eigenvalue weighted by molar-refractivity contribution is 4.83. The standard InChI is InChI=1S/C10H20N4/c1-8(10(2,3)4)11-6-9-12-7-14(5)13-9/h7-8,11H,6H2,1-5H3. The molecule has 1 unspecified atom stereocenters. The maximum Gasteiger partial charge on any atom is 0.164 e. The Morgan fingerprint density at radius 3 is 2.57 bits per heavy atom. The van der Waals surface area contributed by atoms with Crippen LogP contribution in [0.2, 0.25) is 0 Å². The molecule has 0 fully saturated rings. The van der Waals surface area contributed by atoms with Gasteiger partial charge in [0.25, 0.3) is 0 Å². The quantitative estimate of drug-likeness (QED) is 0.793. The van der Waals surface area contributed by atoms with E-state index in [0.717, 1.165) is 12.4 Å². The highest BCUT2D eigenvalue weighted by Gasteiger charge is 2.19. The summed E-state index contributed by atoms with van der Waals surface area (Å²) >= 11 is 0. The third-order valence-electron chi connectivity index (χ3n) is 2.51. The zero-order valence-electron chi connectivity index (χ0n) is 9.70. The lowest BCUT2D eigenvalue weighted by atomic mass is 9.88. The van der Waals surface area contributed by atoms with E-state index in [9.17, 15) is 0 Å². The van der Waals surface area contributed by atoms with Crippen LogP contribution < -0.4 is 5.32 Å². The van der Waals surface area contributed by atoms with Crippen LogP contribution in [0.25, 0.3) is 0 Å². The Kier molecular flexibility index (Phi) is 3.26. The Labute approximate surface area is 85.7 Å². The van der Waals surface area contributed by atoms with Crippen molar-refractivity contribution >= 4 is 0 Å². The predicted octanol–water partition coefficient (Wildman–Crippen LogP) is 1.34. The Balaban J connectivity index is 2.41. The Morgan fingerprint density at radius 1 is 1.50 bits per heavy atom. The molecule has 1 heterocycles. The summed E-state index contributed by atoms with van der Waals surface area (Å²) in [5, 5.41) is 7.62. The van der Waals surface area contributed by atoms with Gasteiger partial charge in [0.2, 0.25) is 0 Å². The molecule has 0 amide bonds. The highest BCUT2D eigenvalue weighted by atomic mass is 15.3. The summed E-state index contributed by atoms with van der Waals surface area (Å²) in [5.41, 5.74) is 0.273. The van der Waals surface area contributed by atoms with Crippen molar-refractivity contribution in [3.05, 3.63) is 12.2 Å². The SMILES string of the molecule is CC(NCc1ncn(C)n1)C(C)(C)C. The first-order valence-electron chi connectivity index (χ1n) is 4.97. The summed E-state index contributed by atoms with van der Waals surface area (Å²) in [5.74, 6) is 0.851. The molecular formula is C10H20N4. The molecule has 0 bridgehead atoms. The number of aryl methyl sites for hydroxylation is 1. The minimum Gasteiger partial charge on any atom is -0.307 e. The molecule has 4 nitrogen and oxygen atoms in total. The van der Waals surface area contributed by atoms with E-state index < -0.39 is 0 Å². The molecule has 1 atom stereocenters. The van der Waals surface area contributed by atoms with Gasteiger partial charge in [0.1, 0.15) is 6.33 Å². The molecule has 0 aromatic carbocycles. The van der Waals surface area contributed by atoms with Gasteiger partial charge in [-0.25, -0.2) is 4.98 Å². The number of aromatic nitrogens is 3. The van der Waals surface area contributed by atoms with Crippen LogP contribution in [0, 0.1) is 5.41 Å². The summed E-state index contributed by atoms with van der Waals surface area (Å²) in [7, 11) is 1.88. The zero-order chi connectivity index (χ0) is 10.8. The maximum atomic E-state index is 4.21. The number of rotatable bonds is 3. The van der Waals surface area contributed by atoms with Crippen LogP contribution in [0.5, 0.6) is 0 Å². The van der Waals surface area contributed by atoms with Crippen molar-refractivity contribution in [2.75, 3.05) is 0 Å². The van der Waals surface area contributed by atoms with Gasteiger partial charge in [-0.05, 0) is 12.3 Å². The summed E-state index contributed by atoms with van der Waals surface area (Å²) < 4.78 is 1.72. The Hall–Kier alpha value is -0.900. The molecule has 0 saturated carbocycles. The number of hydrogen-bond acceptors (Lipinski definition) is 3. The average Bonchev–Trinajstić information content (AvgIpc) is 2.45. The molecule has 1 aromatic rings. The molecule has 80 valence electrons. The Morgan fingerprint density at radius 2 is 2.14 bits per heavy atom. The second-order valence-corrected chi connectivity index (χ2v) is 4.80. The number of hydrogen-bond donors (Lipinski definition) is 1. The summed E-state index contributed by atoms with van der Waals surface area (Å²) in [6.45, 7) is 9.58. The van der Waals surface area contributed by atoms with Crippen molar-refractivity contribution in [3.63, 3.8) is 0 Å². The Bertz CT molecular complexity index is 285. The van der Waals surface area contributed by atoms with Gasteiger partial charge in [-0.2, -0.15) is 5.10 Å². The molecule has 0 radical (unpaired) electrons. The molecule has 0 spiro atoms. The molecule has 0 saturated heterocycles. The lowest BCUT2D eigenvalue weighted by Gasteiger charge is -2.27. The maximum absolute atomic E-state index is 4.21. The predicted molar refractivity (Wildman–Crippen MR) is 56.8 cm³/mol. The summed E-state index contributed by atoms with van der Waals surface area (Å²) in [6.07, 6.45) is 1.72. The fourth-order valence-corrected chi connectivity index (χ4v) is 1.02. The normalized spacial score (nSPS) is 14.4. The van der Waals surface area contributed by atoms with Crippen molar-refractivity contribution in [2.45, 2.75) is 40.3 Å². The van der Waals surface area contributed by atoms with E-state index in [1.54, 1.807) is 11.0 Å². The fourth-order valence-electron chi connectivity index (χ4n) is 1.02. The van der Waals surface area contributed by atoms with E-state index in [-0.39, 0.29) is 5.41 Å². The monoisotopic (exact) mass is 196 g/mol. The minimum absolute atomic E-state index is 0.273. The second kappa shape index (κ2) is 4.09. The van der Waals surface area contributed by atoms with Crippen LogP contribution >= 0.6 is 0 Å². The van der Waals surface area contributed by atoms with Gasteiger partial charge in [0.05, 0.1) is 6.54 Å². The first-order chi connectivity index (χ1) is 6.39. The largest absolute Gasteiger partial charge is 0.307 e. The summed E-state index contributed by atoms with van der Waals surface area (Å²) in [6, 6.07) is 0.450. The number of nitrogens with one attached hydrogen (secondary N) is 1. The van der Waals surface area contributed by atoms with Gasteiger partial charge in [-0.3, -0.25) is 4.68 Å². The topological polar surface area (TPSA) is 42.7 Å². The van der Waals surface area contributed by atoms with Gasteiger partial charge in [-0.1, -0.05) is 20.8 Å². The van der Waals surface area contributed by atoms with Crippen molar-refractivity contribution < 1.29 is 0 Å². The molecule has 1 rings (SSSR count). The molecular weight excluding hydrogens is 176 g/mol. The molecule has 0 aliphatic heterocycles. The smallest absolute Gasteiger partial charge is 0.164 e. The zero-order valence-corrected chi connectivity index (χ0v) is 9.70. The van der Waals surface area contributed by atoms with Crippen molar-refractivity contribution in [2.24, 2.45) is 12.5 Å². The van der Waals surface area contributed by atoms with Gasteiger partial charge in [0, 0.05) is 13.1 Å². The van der Waals surface area contributed by atoms with Gasteiger partial charge in [0.15, 0.2) is 5.82 Å². The third kappa shape index (κ3) is 3.10. The molecule has 1 N–H and O–H groups in total. The van der Waals surface area contributed by atoms with Crippen LogP contribution in [0.4, 0.5) is 0 Å². The first kappa shape index (κ1) is 11.2. The first-order valence-corrected chi connectivity index (χ1v) is 4.97. The fraction of sp³-hybridized carbons (Fsp3) is 0.800. The minimum atomic E-state index is 0.273. The van der Waals surface area contributed by atoms with Crippen LogP contribution in [0.15, 0.2) is 6.33 Å². The lowest BCUT2D eigenvalue weighted by Crippen LogP contribution is -2.37. The molecule has 4 heteroatoms. The van der Waals surface area contributed by atoms with Crippen molar-refractivity contribution in [1.29, 1.82) is 0 Å². The summed E-state index contributed by atoms with van der Waals surface area (Å²) in [4.78, 5) is 4.16. The van der Waals surface area contributed by atoms with Crippen LogP contribution in [0.1, 0.15) is 33.5 Å². The van der Waals surface area contributed by atoms with Crippen LogP contribution in [-0.2, 0) is 13.6 Å². The van der Waals surface area contributed by atoms with Crippen molar-refractivity contribution in [1.82, 2.24) is 20.1 Å². The van der Waals surface area contributed by atoms with Crippen molar-refractivity contribution in [3.8, 4) is 0 Å².